The second-order valence-corrected chi connectivity index (χ2v) is 6.42. The van der Waals surface area contributed by atoms with Crippen molar-refractivity contribution in [2.75, 3.05) is 19.6 Å². The maximum Gasteiger partial charge on any atom is 0.0224 e. The Balaban J connectivity index is 1.65. The van der Waals surface area contributed by atoms with E-state index in [2.05, 4.69) is 16.7 Å². The predicted molar refractivity (Wildman–Crippen MR) is 71.0 cm³/mol. The van der Waals surface area contributed by atoms with Crippen LogP contribution in [0.15, 0.2) is 0 Å². The molecular weight excluding hydrogens is 210 g/mol. The number of hydrogen-bond donors (Lipinski definition) is 1. The number of hydrogen-bond acceptors (Lipinski definition) is 3. The third-order valence-corrected chi connectivity index (χ3v) is 5.15. The van der Waals surface area contributed by atoms with Gasteiger partial charge in [0, 0.05) is 37.3 Å². The summed E-state index contributed by atoms with van der Waals surface area (Å²) in [5, 5.41) is 0. The van der Waals surface area contributed by atoms with Crippen molar-refractivity contribution >= 4 is 0 Å². The molecule has 3 nitrogen and oxygen atoms in total. The summed E-state index contributed by atoms with van der Waals surface area (Å²) in [4.78, 5) is 5.51. The standard InChI is InChI=1S/C14H27N3/c1-11-9-16-7-3-2-4-14(16)10-17(11)13-6-5-12(15)8-13/h11-14H,2-10,15H2,1H3. The van der Waals surface area contributed by atoms with Crippen LogP contribution < -0.4 is 5.73 Å². The Labute approximate surface area is 105 Å². The first-order chi connectivity index (χ1) is 8.24. The highest BCUT2D eigenvalue weighted by Crippen LogP contribution is 2.30. The Morgan fingerprint density at radius 1 is 1.00 bits per heavy atom. The Hall–Kier alpha value is -0.120. The van der Waals surface area contributed by atoms with Crippen molar-refractivity contribution in [2.45, 2.75) is 69.6 Å². The summed E-state index contributed by atoms with van der Waals surface area (Å²) in [6.07, 6.45) is 8.07. The van der Waals surface area contributed by atoms with Crippen LogP contribution in [0.4, 0.5) is 0 Å². The lowest BCUT2D eigenvalue weighted by atomic mass is 9.95. The summed E-state index contributed by atoms with van der Waals surface area (Å²) < 4.78 is 0. The molecule has 17 heavy (non-hydrogen) atoms. The smallest absolute Gasteiger partial charge is 0.0224 e. The normalized spacial score (nSPS) is 44.8. The van der Waals surface area contributed by atoms with Gasteiger partial charge in [-0.05, 0) is 45.6 Å². The van der Waals surface area contributed by atoms with Gasteiger partial charge in [0.25, 0.3) is 0 Å². The molecule has 0 radical (unpaired) electrons. The minimum Gasteiger partial charge on any atom is -0.328 e. The first kappa shape index (κ1) is 11.9. The Morgan fingerprint density at radius 2 is 1.88 bits per heavy atom. The molecule has 0 aromatic carbocycles. The van der Waals surface area contributed by atoms with E-state index in [0.29, 0.717) is 6.04 Å². The molecule has 98 valence electrons. The number of nitrogens with two attached hydrogens (primary N) is 1. The van der Waals surface area contributed by atoms with Crippen LogP contribution in [0.25, 0.3) is 0 Å². The third kappa shape index (κ3) is 2.38. The molecule has 0 spiro atoms. The topological polar surface area (TPSA) is 32.5 Å². The number of rotatable bonds is 1. The summed E-state index contributed by atoms with van der Waals surface area (Å²) in [5.74, 6) is 0. The maximum atomic E-state index is 6.07. The van der Waals surface area contributed by atoms with Crippen LogP contribution in [0.1, 0.15) is 45.4 Å². The highest BCUT2D eigenvalue weighted by Gasteiger charge is 2.38. The average Bonchev–Trinajstić information content (AvgIpc) is 2.75. The SMILES string of the molecule is CC1CN2CCCCC2CN1C1CCC(N)C1. The van der Waals surface area contributed by atoms with Gasteiger partial charge in [0.15, 0.2) is 0 Å². The molecule has 3 fully saturated rings. The minimum absolute atomic E-state index is 0.469. The van der Waals surface area contributed by atoms with Crippen molar-refractivity contribution in [3.63, 3.8) is 0 Å². The molecule has 0 bridgehead atoms. The fourth-order valence-corrected chi connectivity index (χ4v) is 4.18. The largest absolute Gasteiger partial charge is 0.328 e. The summed E-state index contributed by atoms with van der Waals surface area (Å²) in [5.41, 5.74) is 6.07. The van der Waals surface area contributed by atoms with Crippen LogP contribution in [0.2, 0.25) is 0 Å². The van der Waals surface area contributed by atoms with Gasteiger partial charge in [-0.2, -0.15) is 0 Å². The molecule has 1 aliphatic carbocycles. The van der Waals surface area contributed by atoms with Crippen LogP contribution in [-0.2, 0) is 0 Å². The molecule has 0 aromatic heterocycles. The molecule has 3 rings (SSSR count). The zero-order valence-corrected chi connectivity index (χ0v) is 11.1. The molecule has 1 saturated carbocycles. The second kappa shape index (κ2) is 4.87. The molecule has 0 aromatic rings. The summed E-state index contributed by atoms with van der Waals surface area (Å²) in [6.45, 7) is 6.34. The van der Waals surface area contributed by atoms with Gasteiger partial charge in [0.1, 0.15) is 0 Å². The van der Waals surface area contributed by atoms with Gasteiger partial charge in [-0.1, -0.05) is 6.42 Å². The number of piperazine rings is 1. The molecule has 4 atom stereocenters. The van der Waals surface area contributed by atoms with Gasteiger partial charge in [0.2, 0.25) is 0 Å². The Bertz CT molecular complexity index is 268. The molecule has 2 saturated heterocycles. The Kier molecular flexibility index (Phi) is 3.42. The van der Waals surface area contributed by atoms with Crippen molar-refractivity contribution in [1.29, 1.82) is 0 Å². The lowest BCUT2D eigenvalue weighted by molar-refractivity contribution is -0.00658. The van der Waals surface area contributed by atoms with E-state index in [1.54, 1.807) is 0 Å². The first-order valence-corrected chi connectivity index (χ1v) is 7.49. The summed E-state index contributed by atoms with van der Waals surface area (Å²) in [6, 6.07) is 2.83. The fourth-order valence-electron chi connectivity index (χ4n) is 4.18. The van der Waals surface area contributed by atoms with Gasteiger partial charge in [0.05, 0.1) is 0 Å². The van der Waals surface area contributed by atoms with Crippen molar-refractivity contribution < 1.29 is 0 Å². The second-order valence-electron chi connectivity index (χ2n) is 6.42. The lowest BCUT2D eigenvalue weighted by Crippen LogP contribution is -2.60. The predicted octanol–water partition coefficient (Wildman–Crippen LogP) is 1.42. The molecule has 2 aliphatic heterocycles. The van der Waals surface area contributed by atoms with E-state index >= 15 is 0 Å². The molecule has 4 unspecified atom stereocenters. The third-order valence-electron chi connectivity index (χ3n) is 5.15. The molecule has 2 N–H and O–H groups in total. The number of nitrogens with zero attached hydrogens (tertiary/aromatic N) is 2. The minimum atomic E-state index is 0.469. The van der Waals surface area contributed by atoms with E-state index in [4.69, 9.17) is 5.73 Å². The van der Waals surface area contributed by atoms with Crippen LogP contribution in [0, 0.1) is 0 Å². The lowest BCUT2D eigenvalue weighted by Gasteiger charge is -2.49. The van der Waals surface area contributed by atoms with Gasteiger partial charge in [-0.25, -0.2) is 0 Å². The fraction of sp³-hybridized carbons (Fsp3) is 1.00. The van der Waals surface area contributed by atoms with Crippen LogP contribution in [0.3, 0.4) is 0 Å². The quantitative estimate of drug-likeness (QED) is 0.749. The monoisotopic (exact) mass is 237 g/mol. The van der Waals surface area contributed by atoms with Gasteiger partial charge < -0.3 is 5.73 Å². The van der Waals surface area contributed by atoms with Crippen molar-refractivity contribution in [1.82, 2.24) is 9.80 Å². The average molecular weight is 237 g/mol. The maximum absolute atomic E-state index is 6.07. The van der Waals surface area contributed by atoms with E-state index in [0.717, 1.165) is 18.1 Å². The van der Waals surface area contributed by atoms with Gasteiger partial charge in [-0.3, -0.25) is 9.80 Å². The van der Waals surface area contributed by atoms with E-state index in [-0.39, 0.29) is 0 Å². The van der Waals surface area contributed by atoms with E-state index < -0.39 is 0 Å². The van der Waals surface area contributed by atoms with Gasteiger partial charge in [-0.15, -0.1) is 0 Å². The number of fused-ring (bicyclic) bond motifs is 1. The van der Waals surface area contributed by atoms with E-state index in [1.165, 1.54) is 58.2 Å². The van der Waals surface area contributed by atoms with E-state index in [9.17, 15) is 0 Å². The first-order valence-electron chi connectivity index (χ1n) is 7.49. The highest BCUT2D eigenvalue weighted by atomic mass is 15.3. The number of piperidine rings is 1. The van der Waals surface area contributed by atoms with Crippen LogP contribution >= 0.6 is 0 Å². The van der Waals surface area contributed by atoms with E-state index in [1.807, 2.05) is 0 Å². The zero-order valence-electron chi connectivity index (χ0n) is 11.1. The van der Waals surface area contributed by atoms with Crippen molar-refractivity contribution in [2.24, 2.45) is 5.73 Å². The molecular formula is C14H27N3. The van der Waals surface area contributed by atoms with Gasteiger partial charge >= 0.3 is 0 Å². The molecule has 0 amide bonds. The Morgan fingerprint density at radius 3 is 2.65 bits per heavy atom. The summed E-state index contributed by atoms with van der Waals surface area (Å²) >= 11 is 0. The van der Waals surface area contributed by atoms with Crippen molar-refractivity contribution in [3.05, 3.63) is 0 Å². The van der Waals surface area contributed by atoms with Crippen LogP contribution in [0.5, 0.6) is 0 Å². The summed E-state index contributed by atoms with van der Waals surface area (Å²) in [7, 11) is 0. The zero-order chi connectivity index (χ0) is 11.8. The molecule has 3 aliphatic rings. The molecule has 2 heterocycles. The highest BCUT2D eigenvalue weighted by molar-refractivity contribution is 4.95. The van der Waals surface area contributed by atoms with Crippen molar-refractivity contribution in [3.8, 4) is 0 Å². The molecule has 3 heteroatoms. The van der Waals surface area contributed by atoms with Crippen LogP contribution in [-0.4, -0.2) is 53.6 Å².